The van der Waals surface area contributed by atoms with E-state index < -0.39 is 17.8 Å². The third kappa shape index (κ3) is 4.39. The highest BCUT2D eigenvalue weighted by molar-refractivity contribution is 6.53. The number of methoxy groups -OCH3 is 1. The van der Waals surface area contributed by atoms with Gasteiger partial charge in [-0.2, -0.15) is 0 Å². The Morgan fingerprint density at radius 1 is 0.941 bits per heavy atom. The van der Waals surface area contributed by atoms with E-state index in [0.29, 0.717) is 29.0 Å². The molecule has 0 radical (unpaired) electrons. The maximum Gasteiger partial charge on any atom is 0.343 e. The first-order chi connectivity index (χ1) is 16.4. The molecule has 1 aliphatic heterocycles. The van der Waals surface area contributed by atoms with Crippen LogP contribution in [0.5, 0.6) is 11.5 Å². The van der Waals surface area contributed by atoms with Crippen molar-refractivity contribution in [2.45, 2.75) is 0 Å². The summed E-state index contributed by atoms with van der Waals surface area (Å²) in [7, 11) is 1.44. The molecule has 0 aromatic heterocycles. The molecule has 0 unspecified atom stereocenters. The highest BCUT2D eigenvalue weighted by Crippen LogP contribution is 2.35. The number of hydrogen-bond donors (Lipinski definition) is 1. The van der Waals surface area contributed by atoms with E-state index in [-0.39, 0.29) is 22.0 Å². The van der Waals surface area contributed by atoms with Crippen molar-refractivity contribution < 1.29 is 28.7 Å². The van der Waals surface area contributed by atoms with Gasteiger partial charge in [-0.05, 0) is 60.7 Å². The number of rotatable bonds is 7. The first-order valence-corrected chi connectivity index (χ1v) is 10.4. The molecule has 1 N–H and O–H groups in total. The highest BCUT2D eigenvalue weighted by atomic mass is 35.5. The SMILES string of the molecule is COc1ccccc1N1C(=O)C(Cl)=C(Nc2ccc(C(=O)Oc3ccc(C=O)cc3)cc2)C1=O. The van der Waals surface area contributed by atoms with Crippen LogP contribution in [0.2, 0.25) is 0 Å². The zero-order chi connectivity index (χ0) is 24.2. The third-order valence-corrected chi connectivity index (χ3v) is 5.32. The largest absolute Gasteiger partial charge is 0.495 e. The first kappa shape index (κ1) is 22.8. The number of aldehydes is 1. The average Bonchev–Trinajstić information content (AvgIpc) is 3.07. The lowest BCUT2D eigenvalue weighted by molar-refractivity contribution is -0.120. The summed E-state index contributed by atoms with van der Waals surface area (Å²) in [6.07, 6.45) is 0.692. The van der Waals surface area contributed by atoms with E-state index in [1.54, 1.807) is 36.4 Å². The molecule has 34 heavy (non-hydrogen) atoms. The maximum absolute atomic E-state index is 13.0. The highest BCUT2D eigenvalue weighted by Gasteiger charge is 2.40. The summed E-state index contributed by atoms with van der Waals surface area (Å²) in [6.45, 7) is 0. The van der Waals surface area contributed by atoms with E-state index >= 15 is 0 Å². The second-order valence-electron chi connectivity index (χ2n) is 7.09. The predicted molar refractivity (Wildman–Crippen MR) is 125 cm³/mol. The van der Waals surface area contributed by atoms with Crippen molar-refractivity contribution in [3.8, 4) is 11.5 Å². The van der Waals surface area contributed by atoms with Gasteiger partial charge in [-0.25, -0.2) is 9.69 Å². The predicted octanol–water partition coefficient (Wildman–Crippen LogP) is 4.16. The number of benzene rings is 3. The van der Waals surface area contributed by atoms with Gasteiger partial charge in [-0.1, -0.05) is 23.7 Å². The molecule has 1 aliphatic rings. The Bertz CT molecular complexity index is 1320. The maximum atomic E-state index is 13.0. The van der Waals surface area contributed by atoms with Gasteiger partial charge in [-0.15, -0.1) is 0 Å². The lowest BCUT2D eigenvalue weighted by Crippen LogP contribution is -2.32. The number of nitrogens with zero attached hydrogens (tertiary/aromatic N) is 1. The van der Waals surface area contributed by atoms with Crippen molar-refractivity contribution in [3.05, 3.63) is 94.7 Å². The number of para-hydroxylation sites is 2. The Morgan fingerprint density at radius 2 is 1.62 bits per heavy atom. The summed E-state index contributed by atoms with van der Waals surface area (Å²) in [5.41, 5.74) is 1.34. The van der Waals surface area contributed by atoms with E-state index in [1.807, 2.05) is 0 Å². The molecule has 9 heteroatoms. The molecule has 0 aliphatic carbocycles. The van der Waals surface area contributed by atoms with E-state index in [4.69, 9.17) is 21.1 Å². The molecule has 170 valence electrons. The number of imide groups is 1. The van der Waals surface area contributed by atoms with Gasteiger partial charge in [0.25, 0.3) is 11.8 Å². The molecule has 2 amide bonds. The van der Waals surface area contributed by atoms with Crippen LogP contribution in [0.3, 0.4) is 0 Å². The lowest BCUT2D eigenvalue weighted by atomic mass is 10.2. The van der Waals surface area contributed by atoms with Crippen LogP contribution >= 0.6 is 11.6 Å². The molecule has 3 aromatic rings. The normalized spacial score (nSPS) is 13.2. The molecule has 3 aromatic carbocycles. The van der Waals surface area contributed by atoms with Crippen molar-refractivity contribution >= 4 is 47.0 Å². The number of anilines is 2. The summed E-state index contributed by atoms with van der Waals surface area (Å²) in [5, 5.41) is 2.58. The molecular formula is C25H17ClN2O6. The number of hydrogen-bond acceptors (Lipinski definition) is 7. The van der Waals surface area contributed by atoms with Gasteiger partial charge in [-0.3, -0.25) is 14.4 Å². The van der Waals surface area contributed by atoms with Gasteiger partial charge in [0.2, 0.25) is 0 Å². The van der Waals surface area contributed by atoms with Crippen LogP contribution in [-0.4, -0.2) is 31.2 Å². The Hall–Kier alpha value is -4.43. The number of ether oxygens (including phenoxy) is 2. The average molecular weight is 477 g/mol. The molecule has 0 atom stereocenters. The number of nitrogens with one attached hydrogen (secondary N) is 1. The smallest absolute Gasteiger partial charge is 0.343 e. The van der Waals surface area contributed by atoms with Crippen molar-refractivity contribution in [3.63, 3.8) is 0 Å². The molecular weight excluding hydrogens is 460 g/mol. The fourth-order valence-electron chi connectivity index (χ4n) is 3.26. The number of amides is 2. The molecule has 1 heterocycles. The molecule has 4 rings (SSSR count). The Labute approximate surface area is 199 Å². The van der Waals surface area contributed by atoms with Crippen LogP contribution in [-0.2, 0) is 9.59 Å². The van der Waals surface area contributed by atoms with Gasteiger partial charge in [0.05, 0.1) is 18.4 Å². The molecule has 0 saturated carbocycles. The van der Waals surface area contributed by atoms with Crippen molar-refractivity contribution in [2.75, 3.05) is 17.3 Å². The fourth-order valence-corrected chi connectivity index (χ4v) is 3.47. The summed E-state index contributed by atoms with van der Waals surface area (Å²) < 4.78 is 10.5. The molecule has 0 saturated heterocycles. The zero-order valence-corrected chi connectivity index (χ0v) is 18.5. The molecule has 0 fully saturated rings. The second-order valence-corrected chi connectivity index (χ2v) is 7.46. The van der Waals surface area contributed by atoms with Crippen LogP contribution in [0.25, 0.3) is 0 Å². The van der Waals surface area contributed by atoms with Crippen LogP contribution < -0.4 is 19.7 Å². The second kappa shape index (κ2) is 9.60. The topological polar surface area (TPSA) is 102 Å². The molecule has 8 nitrogen and oxygen atoms in total. The number of esters is 1. The minimum absolute atomic E-state index is 0.0943. The van der Waals surface area contributed by atoms with Crippen LogP contribution in [0.15, 0.2) is 83.5 Å². The van der Waals surface area contributed by atoms with Gasteiger partial charge in [0.1, 0.15) is 28.5 Å². The summed E-state index contributed by atoms with van der Waals surface area (Å²) >= 11 is 6.18. The molecule has 0 spiro atoms. The van der Waals surface area contributed by atoms with Gasteiger partial charge in [0, 0.05) is 11.3 Å². The van der Waals surface area contributed by atoms with Crippen molar-refractivity contribution in [1.82, 2.24) is 0 Å². The number of carbonyl (C=O) groups is 4. The Kier molecular flexibility index (Phi) is 6.42. The number of carbonyl (C=O) groups excluding carboxylic acids is 4. The van der Waals surface area contributed by atoms with Gasteiger partial charge in [0.15, 0.2) is 0 Å². The fraction of sp³-hybridized carbons (Fsp3) is 0.0400. The van der Waals surface area contributed by atoms with Crippen LogP contribution in [0.4, 0.5) is 11.4 Å². The monoisotopic (exact) mass is 476 g/mol. The first-order valence-electron chi connectivity index (χ1n) is 9.99. The van der Waals surface area contributed by atoms with E-state index in [0.717, 1.165) is 4.90 Å². The Morgan fingerprint density at radius 3 is 2.26 bits per heavy atom. The number of halogens is 1. The minimum atomic E-state index is -0.681. The van der Waals surface area contributed by atoms with E-state index in [2.05, 4.69) is 5.32 Å². The Balaban J connectivity index is 1.48. The van der Waals surface area contributed by atoms with Crippen LogP contribution in [0, 0.1) is 0 Å². The van der Waals surface area contributed by atoms with Crippen LogP contribution in [0.1, 0.15) is 20.7 Å². The summed E-state index contributed by atoms with van der Waals surface area (Å²) in [4.78, 5) is 49.7. The zero-order valence-electron chi connectivity index (χ0n) is 17.8. The van der Waals surface area contributed by atoms with E-state index in [1.165, 1.54) is 43.5 Å². The quantitative estimate of drug-likeness (QED) is 0.236. The summed E-state index contributed by atoms with van der Waals surface area (Å²) in [6, 6.07) is 18.8. The standard InChI is InChI=1S/C25H17ClN2O6/c1-33-20-5-3-2-4-19(20)28-23(30)21(26)22(24(28)31)27-17-10-8-16(9-11-17)25(32)34-18-12-6-15(14-29)7-13-18/h2-14,27H,1H3. The van der Waals surface area contributed by atoms with Crippen molar-refractivity contribution in [1.29, 1.82) is 0 Å². The van der Waals surface area contributed by atoms with Gasteiger partial charge >= 0.3 is 5.97 Å². The third-order valence-electron chi connectivity index (χ3n) is 4.97. The molecule has 0 bridgehead atoms. The summed E-state index contributed by atoms with van der Waals surface area (Å²) in [5.74, 6) is -1.28. The minimum Gasteiger partial charge on any atom is -0.495 e. The van der Waals surface area contributed by atoms with Gasteiger partial charge < -0.3 is 14.8 Å². The van der Waals surface area contributed by atoms with E-state index in [9.17, 15) is 19.2 Å². The van der Waals surface area contributed by atoms with Crippen molar-refractivity contribution in [2.24, 2.45) is 0 Å². The lowest BCUT2D eigenvalue weighted by Gasteiger charge is -2.17.